The highest BCUT2D eigenvalue weighted by Crippen LogP contribution is 2.17. The first-order valence-corrected chi connectivity index (χ1v) is 2.60. The van der Waals surface area contributed by atoms with E-state index < -0.39 is 11.5 Å². The molecule has 0 bridgehead atoms. The Labute approximate surface area is 49.8 Å². The van der Waals surface area contributed by atoms with Crippen molar-refractivity contribution in [2.24, 2.45) is 5.41 Å². The van der Waals surface area contributed by atoms with Gasteiger partial charge in [0.2, 0.25) is 0 Å². The average molecular weight is 113 g/mol. The third-order valence-corrected chi connectivity index (χ3v) is 1.33. The average Bonchev–Trinajstić information content (AvgIpc) is 1.67. The lowest BCUT2D eigenvalue weighted by Gasteiger charge is -2.17. The fourth-order valence-corrected chi connectivity index (χ4v) is 0.0934. The van der Waals surface area contributed by atoms with E-state index in [1.54, 1.807) is 20.8 Å². The third kappa shape index (κ3) is 1.51. The molecule has 46 valence electrons. The second kappa shape index (κ2) is 2.15. The van der Waals surface area contributed by atoms with Gasteiger partial charge in [0.05, 0.1) is 17.6 Å². The number of hydrogen-bond acceptors (Lipinski definition) is 2. The summed E-state index contributed by atoms with van der Waals surface area (Å²) in [7, 11) is 0. The quantitative estimate of drug-likeness (QED) is 0.549. The highest BCUT2D eigenvalue weighted by Gasteiger charge is 2.22. The predicted octanol–water partition coefficient (Wildman–Crippen LogP) is 0.917. The number of aliphatic hydroxyl groups excluding tert-OH is 1. The molecule has 1 atom stereocenters. The topological polar surface area (TPSA) is 44.0 Å². The molecule has 0 radical (unpaired) electrons. The van der Waals surface area contributed by atoms with Crippen molar-refractivity contribution in [2.45, 2.75) is 26.9 Å². The summed E-state index contributed by atoms with van der Waals surface area (Å²) in [6.07, 6.45) is -0.549. The molecule has 0 aliphatic carbocycles. The molecule has 0 aliphatic heterocycles. The molecular formula is C6H11NO. The highest BCUT2D eigenvalue weighted by atomic mass is 16.3. The molecule has 2 heteroatoms. The van der Waals surface area contributed by atoms with Crippen LogP contribution in [0.1, 0.15) is 20.8 Å². The standard InChI is InChI=1S/C6H11NO/c1-5(8)6(2,3)4-7/h5,8H,1-3H3. The first-order chi connectivity index (χ1) is 3.50. The predicted molar refractivity (Wildman–Crippen MR) is 31.1 cm³/mol. The van der Waals surface area contributed by atoms with Gasteiger partial charge in [-0.05, 0) is 20.8 Å². The Hall–Kier alpha value is -0.550. The third-order valence-electron chi connectivity index (χ3n) is 1.33. The fourth-order valence-electron chi connectivity index (χ4n) is 0.0934. The van der Waals surface area contributed by atoms with Crippen molar-refractivity contribution in [1.29, 1.82) is 5.26 Å². The zero-order chi connectivity index (χ0) is 6.78. The van der Waals surface area contributed by atoms with Gasteiger partial charge in [-0.1, -0.05) is 0 Å². The summed E-state index contributed by atoms with van der Waals surface area (Å²) >= 11 is 0. The van der Waals surface area contributed by atoms with E-state index in [0.29, 0.717) is 0 Å². The Kier molecular flexibility index (Phi) is 2.00. The minimum absolute atomic E-state index is 0.549. The summed E-state index contributed by atoms with van der Waals surface area (Å²) in [5, 5.41) is 17.2. The van der Waals surface area contributed by atoms with Crippen LogP contribution in [0.3, 0.4) is 0 Å². The molecule has 0 aliphatic rings. The van der Waals surface area contributed by atoms with Crippen LogP contribution >= 0.6 is 0 Å². The molecule has 0 heterocycles. The minimum atomic E-state index is -0.597. The molecule has 0 fully saturated rings. The minimum Gasteiger partial charge on any atom is -0.392 e. The van der Waals surface area contributed by atoms with Crippen molar-refractivity contribution in [3.05, 3.63) is 0 Å². The molecule has 8 heavy (non-hydrogen) atoms. The normalized spacial score (nSPS) is 14.9. The van der Waals surface area contributed by atoms with E-state index in [9.17, 15) is 0 Å². The number of nitrogens with zero attached hydrogens (tertiary/aromatic N) is 1. The van der Waals surface area contributed by atoms with Crippen LogP contribution in [0.2, 0.25) is 0 Å². The molecule has 1 unspecified atom stereocenters. The van der Waals surface area contributed by atoms with Crippen molar-refractivity contribution < 1.29 is 5.11 Å². The number of rotatable bonds is 1. The maximum absolute atomic E-state index is 8.86. The first-order valence-electron chi connectivity index (χ1n) is 2.60. The lowest BCUT2D eigenvalue weighted by molar-refractivity contribution is 0.104. The molecule has 0 aromatic rings. The fraction of sp³-hybridized carbons (Fsp3) is 0.833. The number of aliphatic hydroxyl groups is 1. The lowest BCUT2D eigenvalue weighted by Crippen LogP contribution is -2.23. The Balaban J connectivity index is 3.97. The summed E-state index contributed by atoms with van der Waals surface area (Å²) in [5.41, 5.74) is -0.597. The maximum atomic E-state index is 8.86. The van der Waals surface area contributed by atoms with Crippen LogP contribution in [0.4, 0.5) is 0 Å². The SMILES string of the molecule is CC(O)C(C)(C)C#N. The van der Waals surface area contributed by atoms with Crippen LogP contribution in [-0.2, 0) is 0 Å². The molecule has 0 saturated heterocycles. The van der Waals surface area contributed by atoms with E-state index in [1.165, 1.54) is 0 Å². The van der Waals surface area contributed by atoms with Gasteiger partial charge in [-0.25, -0.2) is 0 Å². The molecule has 0 saturated carbocycles. The smallest absolute Gasteiger partial charge is 0.0773 e. The number of nitriles is 1. The van der Waals surface area contributed by atoms with Crippen molar-refractivity contribution in [2.75, 3.05) is 0 Å². The largest absolute Gasteiger partial charge is 0.392 e. The second-order valence-electron chi connectivity index (χ2n) is 2.51. The summed E-state index contributed by atoms with van der Waals surface area (Å²) in [5.74, 6) is 0. The summed E-state index contributed by atoms with van der Waals surface area (Å²) in [6, 6.07) is 1.99. The van der Waals surface area contributed by atoms with Crippen LogP contribution in [0.5, 0.6) is 0 Å². The van der Waals surface area contributed by atoms with Gasteiger partial charge in [0, 0.05) is 0 Å². The van der Waals surface area contributed by atoms with Gasteiger partial charge in [0.15, 0.2) is 0 Å². The molecule has 0 rings (SSSR count). The van der Waals surface area contributed by atoms with Crippen LogP contribution < -0.4 is 0 Å². The van der Waals surface area contributed by atoms with Gasteiger partial charge in [0.1, 0.15) is 0 Å². The van der Waals surface area contributed by atoms with Gasteiger partial charge in [-0.3, -0.25) is 0 Å². The zero-order valence-corrected chi connectivity index (χ0v) is 5.47. The van der Waals surface area contributed by atoms with Crippen molar-refractivity contribution in [3.63, 3.8) is 0 Å². The maximum Gasteiger partial charge on any atom is 0.0773 e. The van der Waals surface area contributed by atoms with E-state index in [0.717, 1.165) is 0 Å². The van der Waals surface area contributed by atoms with Gasteiger partial charge in [0.25, 0.3) is 0 Å². The highest BCUT2D eigenvalue weighted by molar-refractivity contribution is 4.95. The summed E-state index contributed by atoms with van der Waals surface area (Å²) in [4.78, 5) is 0. The van der Waals surface area contributed by atoms with Crippen LogP contribution in [0, 0.1) is 16.7 Å². The summed E-state index contributed by atoms with van der Waals surface area (Å²) in [6.45, 7) is 5.03. The Morgan fingerprint density at radius 2 is 2.00 bits per heavy atom. The van der Waals surface area contributed by atoms with Crippen molar-refractivity contribution in [1.82, 2.24) is 0 Å². The Morgan fingerprint density at radius 3 is 2.00 bits per heavy atom. The molecule has 0 aromatic heterocycles. The second-order valence-corrected chi connectivity index (χ2v) is 2.51. The molecule has 0 spiro atoms. The van der Waals surface area contributed by atoms with E-state index in [1.807, 2.05) is 6.07 Å². The van der Waals surface area contributed by atoms with E-state index in [-0.39, 0.29) is 0 Å². The van der Waals surface area contributed by atoms with Crippen LogP contribution in [-0.4, -0.2) is 11.2 Å². The van der Waals surface area contributed by atoms with Gasteiger partial charge >= 0.3 is 0 Å². The molecule has 2 nitrogen and oxygen atoms in total. The molecular weight excluding hydrogens is 102 g/mol. The molecule has 1 N–H and O–H groups in total. The van der Waals surface area contributed by atoms with Crippen LogP contribution in [0.25, 0.3) is 0 Å². The van der Waals surface area contributed by atoms with Gasteiger partial charge in [-0.15, -0.1) is 0 Å². The zero-order valence-electron chi connectivity index (χ0n) is 5.47. The Bertz CT molecular complexity index is 110. The van der Waals surface area contributed by atoms with Crippen LogP contribution in [0.15, 0.2) is 0 Å². The molecule has 0 amide bonds. The van der Waals surface area contributed by atoms with Crippen molar-refractivity contribution in [3.8, 4) is 6.07 Å². The Morgan fingerprint density at radius 1 is 1.62 bits per heavy atom. The first kappa shape index (κ1) is 7.45. The van der Waals surface area contributed by atoms with Gasteiger partial charge in [-0.2, -0.15) is 5.26 Å². The van der Waals surface area contributed by atoms with Gasteiger partial charge < -0.3 is 5.11 Å². The van der Waals surface area contributed by atoms with Crippen molar-refractivity contribution >= 4 is 0 Å². The van der Waals surface area contributed by atoms with E-state index in [2.05, 4.69) is 0 Å². The monoisotopic (exact) mass is 113 g/mol. The lowest BCUT2D eigenvalue weighted by atomic mass is 9.90. The molecule has 0 aromatic carbocycles. The van der Waals surface area contributed by atoms with E-state index >= 15 is 0 Å². The summed E-state index contributed by atoms with van der Waals surface area (Å²) < 4.78 is 0. The number of hydrogen-bond donors (Lipinski definition) is 1. The van der Waals surface area contributed by atoms with E-state index in [4.69, 9.17) is 10.4 Å².